The van der Waals surface area contributed by atoms with Crippen LogP contribution in [0, 0.1) is 5.41 Å². The van der Waals surface area contributed by atoms with Crippen LogP contribution in [0.1, 0.15) is 26.3 Å². The Labute approximate surface area is 125 Å². The quantitative estimate of drug-likeness (QED) is 0.922. The number of hydrogen-bond acceptors (Lipinski definition) is 3. The van der Waals surface area contributed by atoms with E-state index in [1.807, 2.05) is 45.0 Å². The first kappa shape index (κ1) is 15.5. The molecule has 1 atom stereocenters. The molecule has 0 spiro atoms. The molecule has 114 valence electrons. The number of piperazine rings is 1. The Hall–Kier alpha value is -1.88. The van der Waals surface area contributed by atoms with Crippen LogP contribution in [-0.2, 0) is 20.9 Å². The van der Waals surface area contributed by atoms with E-state index in [0.717, 1.165) is 11.3 Å². The van der Waals surface area contributed by atoms with Crippen molar-refractivity contribution in [1.82, 2.24) is 5.32 Å². The van der Waals surface area contributed by atoms with Gasteiger partial charge in [-0.2, -0.15) is 0 Å². The van der Waals surface area contributed by atoms with E-state index in [4.69, 9.17) is 4.74 Å². The van der Waals surface area contributed by atoms with Crippen molar-refractivity contribution < 1.29 is 14.3 Å². The average molecular weight is 290 g/mol. The molecule has 5 heteroatoms. The van der Waals surface area contributed by atoms with Gasteiger partial charge in [-0.25, -0.2) is 0 Å². The van der Waals surface area contributed by atoms with Gasteiger partial charge in [0.1, 0.15) is 12.6 Å². The molecule has 1 aromatic carbocycles. The topological polar surface area (TPSA) is 58.6 Å². The molecule has 21 heavy (non-hydrogen) atoms. The number of benzene rings is 1. The van der Waals surface area contributed by atoms with Crippen molar-refractivity contribution in [2.75, 3.05) is 18.6 Å². The van der Waals surface area contributed by atoms with Gasteiger partial charge in [0, 0.05) is 12.8 Å². The zero-order chi connectivity index (χ0) is 15.6. The first-order valence-corrected chi connectivity index (χ1v) is 7.01. The number of nitrogens with one attached hydrogen (secondary N) is 1. The van der Waals surface area contributed by atoms with Gasteiger partial charge in [0.25, 0.3) is 5.91 Å². The molecule has 1 aliphatic heterocycles. The lowest BCUT2D eigenvalue weighted by atomic mass is 9.84. The van der Waals surface area contributed by atoms with Gasteiger partial charge in [0.05, 0.1) is 6.61 Å². The van der Waals surface area contributed by atoms with E-state index in [-0.39, 0.29) is 23.8 Å². The maximum atomic E-state index is 12.7. The molecule has 2 amide bonds. The van der Waals surface area contributed by atoms with Gasteiger partial charge in [-0.15, -0.1) is 0 Å². The molecule has 0 bridgehead atoms. The van der Waals surface area contributed by atoms with Crippen LogP contribution in [0.25, 0.3) is 0 Å². The molecule has 0 radical (unpaired) electrons. The molecule has 1 aliphatic rings. The monoisotopic (exact) mass is 290 g/mol. The molecule has 1 saturated heterocycles. The molecule has 0 aliphatic carbocycles. The molecular weight excluding hydrogens is 268 g/mol. The smallest absolute Gasteiger partial charge is 0.250 e. The van der Waals surface area contributed by atoms with E-state index >= 15 is 0 Å². The van der Waals surface area contributed by atoms with Gasteiger partial charge < -0.3 is 15.0 Å². The summed E-state index contributed by atoms with van der Waals surface area (Å²) >= 11 is 0. The number of amides is 2. The van der Waals surface area contributed by atoms with Crippen molar-refractivity contribution in [3.63, 3.8) is 0 Å². The normalized spacial score (nSPS) is 19.6. The first-order valence-electron chi connectivity index (χ1n) is 7.01. The average Bonchev–Trinajstić information content (AvgIpc) is 2.40. The lowest BCUT2D eigenvalue weighted by molar-refractivity contribution is -0.133. The third kappa shape index (κ3) is 3.42. The summed E-state index contributed by atoms with van der Waals surface area (Å²) in [5.41, 5.74) is 1.38. The van der Waals surface area contributed by atoms with Crippen LogP contribution in [0.15, 0.2) is 24.3 Å². The maximum absolute atomic E-state index is 12.7. The van der Waals surface area contributed by atoms with Crippen LogP contribution in [0.3, 0.4) is 0 Å². The number of ether oxygens (including phenoxy) is 1. The standard InChI is InChI=1S/C16H22N2O3/c1-16(2,3)14-15(20)18(9-13(19)17-14)12-7-5-6-11(8-12)10-21-4/h5-8,14H,9-10H2,1-4H3,(H,17,19). The lowest BCUT2D eigenvalue weighted by Crippen LogP contribution is -2.62. The van der Waals surface area contributed by atoms with E-state index < -0.39 is 6.04 Å². The Bertz CT molecular complexity index is 549. The fourth-order valence-corrected chi connectivity index (χ4v) is 2.43. The number of rotatable bonds is 3. The largest absolute Gasteiger partial charge is 0.380 e. The molecule has 5 nitrogen and oxygen atoms in total. The summed E-state index contributed by atoms with van der Waals surface area (Å²) < 4.78 is 5.11. The summed E-state index contributed by atoms with van der Waals surface area (Å²) in [4.78, 5) is 26.1. The number of carbonyl (C=O) groups is 2. The minimum atomic E-state index is -0.509. The van der Waals surface area contributed by atoms with Gasteiger partial charge in [-0.3, -0.25) is 9.59 Å². The third-order valence-electron chi connectivity index (χ3n) is 3.52. The summed E-state index contributed by atoms with van der Waals surface area (Å²) in [6, 6.07) is 7.03. The van der Waals surface area contributed by atoms with Crippen molar-refractivity contribution in [3.8, 4) is 0 Å². The molecular formula is C16H22N2O3. The molecule has 1 unspecified atom stereocenters. The van der Waals surface area contributed by atoms with Crippen molar-refractivity contribution in [1.29, 1.82) is 0 Å². The van der Waals surface area contributed by atoms with Crippen molar-refractivity contribution in [2.45, 2.75) is 33.4 Å². The van der Waals surface area contributed by atoms with E-state index in [9.17, 15) is 9.59 Å². The van der Waals surface area contributed by atoms with Crippen molar-refractivity contribution >= 4 is 17.5 Å². The van der Waals surface area contributed by atoms with E-state index in [2.05, 4.69) is 5.32 Å². The van der Waals surface area contributed by atoms with Crippen LogP contribution in [0.4, 0.5) is 5.69 Å². The van der Waals surface area contributed by atoms with Gasteiger partial charge in [0.15, 0.2) is 0 Å². The highest BCUT2D eigenvalue weighted by atomic mass is 16.5. The summed E-state index contributed by atoms with van der Waals surface area (Å²) in [6.07, 6.45) is 0. The Morgan fingerprint density at radius 1 is 1.33 bits per heavy atom. The minimum Gasteiger partial charge on any atom is -0.380 e. The van der Waals surface area contributed by atoms with E-state index in [1.165, 1.54) is 0 Å². The second-order valence-electron chi connectivity index (χ2n) is 6.39. The second-order valence-corrected chi connectivity index (χ2v) is 6.39. The zero-order valence-electron chi connectivity index (χ0n) is 13.0. The third-order valence-corrected chi connectivity index (χ3v) is 3.52. The Morgan fingerprint density at radius 2 is 2.05 bits per heavy atom. The van der Waals surface area contributed by atoms with Gasteiger partial charge in [-0.05, 0) is 23.1 Å². The van der Waals surface area contributed by atoms with Crippen LogP contribution in [0.5, 0.6) is 0 Å². The number of carbonyl (C=O) groups excluding carboxylic acids is 2. The summed E-state index contributed by atoms with van der Waals surface area (Å²) in [5.74, 6) is -0.205. The second kappa shape index (κ2) is 5.85. The van der Waals surface area contributed by atoms with Gasteiger partial charge in [-0.1, -0.05) is 32.9 Å². The molecule has 1 N–H and O–H groups in total. The van der Waals surface area contributed by atoms with Crippen LogP contribution >= 0.6 is 0 Å². The van der Waals surface area contributed by atoms with Gasteiger partial charge >= 0.3 is 0 Å². The predicted octanol–water partition coefficient (Wildman–Crippen LogP) is 1.71. The Morgan fingerprint density at radius 3 is 2.67 bits per heavy atom. The molecule has 1 aromatic rings. The molecule has 1 heterocycles. The molecule has 2 rings (SSSR count). The maximum Gasteiger partial charge on any atom is 0.250 e. The van der Waals surface area contributed by atoms with Crippen LogP contribution in [0.2, 0.25) is 0 Å². The number of hydrogen-bond donors (Lipinski definition) is 1. The lowest BCUT2D eigenvalue weighted by Gasteiger charge is -2.38. The Balaban J connectivity index is 2.31. The van der Waals surface area contributed by atoms with Crippen molar-refractivity contribution in [3.05, 3.63) is 29.8 Å². The SMILES string of the molecule is COCc1cccc(N2CC(=O)NC(C(C)(C)C)C2=O)c1. The number of anilines is 1. The summed E-state index contributed by atoms with van der Waals surface area (Å²) in [6.45, 7) is 6.37. The van der Waals surface area contributed by atoms with Crippen LogP contribution in [-0.4, -0.2) is 31.5 Å². The van der Waals surface area contributed by atoms with E-state index in [1.54, 1.807) is 12.0 Å². The first-order chi connectivity index (χ1) is 9.82. The molecule has 0 aromatic heterocycles. The minimum absolute atomic E-state index is 0.0574. The fourth-order valence-electron chi connectivity index (χ4n) is 2.43. The van der Waals surface area contributed by atoms with E-state index in [0.29, 0.717) is 6.61 Å². The predicted molar refractivity (Wildman–Crippen MR) is 80.9 cm³/mol. The highest BCUT2D eigenvalue weighted by Gasteiger charge is 2.40. The van der Waals surface area contributed by atoms with Gasteiger partial charge in [0.2, 0.25) is 5.91 Å². The Kier molecular flexibility index (Phi) is 4.32. The van der Waals surface area contributed by atoms with Crippen LogP contribution < -0.4 is 10.2 Å². The number of methoxy groups -OCH3 is 1. The molecule has 1 fully saturated rings. The highest BCUT2D eigenvalue weighted by Crippen LogP contribution is 2.26. The fraction of sp³-hybridized carbons (Fsp3) is 0.500. The highest BCUT2D eigenvalue weighted by molar-refractivity contribution is 6.06. The van der Waals surface area contributed by atoms with Crippen molar-refractivity contribution in [2.24, 2.45) is 5.41 Å². The zero-order valence-corrected chi connectivity index (χ0v) is 13.0. The number of nitrogens with zero attached hydrogens (tertiary/aromatic N) is 1. The molecule has 0 saturated carbocycles. The summed E-state index contributed by atoms with van der Waals surface area (Å²) in [5, 5.41) is 2.79. The summed E-state index contributed by atoms with van der Waals surface area (Å²) in [7, 11) is 1.63.